The van der Waals surface area contributed by atoms with E-state index in [1.54, 1.807) is 0 Å². The smallest absolute Gasteiger partial charge is 0.307 e. The van der Waals surface area contributed by atoms with Crippen molar-refractivity contribution in [1.29, 1.82) is 0 Å². The summed E-state index contributed by atoms with van der Waals surface area (Å²) in [6.07, 6.45) is 2.02. The van der Waals surface area contributed by atoms with Gasteiger partial charge in [-0.05, 0) is 45.7 Å². The molecule has 5 heteroatoms. The molecule has 1 aromatic carbocycles. The first-order valence-electron chi connectivity index (χ1n) is 8.50. The van der Waals surface area contributed by atoms with Crippen LogP contribution in [0.15, 0.2) is 30.3 Å². The van der Waals surface area contributed by atoms with Crippen molar-refractivity contribution in [2.45, 2.75) is 57.8 Å². The Labute approximate surface area is 143 Å². The minimum atomic E-state index is -0.464. The normalized spacial score (nSPS) is 19.7. The van der Waals surface area contributed by atoms with Crippen LogP contribution in [0.3, 0.4) is 0 Å². The molecule has 0 amide bonds. The third-order valence-corrected chi connectivity index (χ3v) is 4.12. The molecule has 2 atom stereocenters. The molecule has 0 aliphatic carbocycles. The summed E-state index contributed by atoms with van der Waals surface area (Å²) in [4.78, 5) is 25.1. The maximum absolute atomic E-state index is 12.0. The third-order valence-electron chi connectivity index (χ3n) is 4.12. The van der Waals surface area contributed by atoms with Crippen LogP contribution < -0.4 is 0 Å². The van der Waals surface area contributed by atoms with Gasteiger partial charge in [-0.2, -0.15) is 0 Å². The van der Waals surface area contributed by atoms with Crippen molar-refractivity contribution in [3.8, 4) is 0 Å². The van der Waals surface area contributed by atoms with Crippen molar-refractivity contribution in [1.82, 2.24) is 4.90 Å². The van der Waals surface area contributed by atoms with E-state index in [2.05, 4.69) is 4.90 Å². The zero-order chi connectivity index (χ0) is 17.6. The quantitative estimate of drug-likeness (QED) is 0.567. The molecule has 1 saturated heterocycles. The molecular formula is C19H27NO4. The first-order valence-corrected chi connectivity index (χ1v) is 8.50. The highest BCUT2D eigenvalue weighted by Crippen LogP contribution is 2.32. The van der Waals surface area contributed by atoms with Crippen molar-refractivity contribution < 1.29 is 19.1 Å². The van der Waals surface area contributed by atoms with Gasteiger partial charge >= 0.3 is 5.97 Å². The molecule has 132 valence electrons. The molecule has 2 rings (SSSR count). The van der Waals surface area contributed by atoms with E-state index < -0.39 is 5.60 Å². The van der Waals surface area contributed by atoms with Gasteiger partial charge in [0.15, 0.2) is 0 Å². The lowest BCUT2D eigenvalue weighted by molar-refractivity contribution is -0.155. The fraction of sp³-hybridized carbons (Fsp3) is 0.579. The average Bonchev–Trinajstić information content (AvgIpc) is 2.98. The van der Waals surface area contributed by atoms with Crippen LogP contribution in [-0.4, -0.2) is 42.1 Å². The molecule has 1 aromatic rings. The second-order valence-corrected chi connectivity index (χ2v) is 7.15. The highest BCUT2D eigenvalue weighted by Gasteiger charge is 2.34. The number of benzene rings is 1. The minimum Gasteiger partial charge on any atom is -0.460 e. The van der Waals surface area contributed by atoms with E-state index in [0.29, 0.717) is 19.4 Å². The first kappa shape index (κ1) is 18.5. The van der Waals surface area contributed by atoms with Gasteiger partial charge in [-0.1, -0.05) is 30.3 Å². The van der Waals surface area contributed by atoms with E-state index >= 15 is 0 Å². The van der Waals surface area contributed by atoms with Crippen molar-refractivity contribution in [3.63, 3.8) is 0 Å². The summed E-state index contributed by atoms with van der Waals surface area (Å²) in [5, 5.41) is 0. The van der Waals surface area contributed by atoms with Gasteiger partial charge in [0.1, 0.15) is 11.7 Å². The standard InChI is InChI=1S/C19H27NO4/c1-19(2,3)24-17(22)11-13-20-12-7-10-16(20)18(23-14-21)15-8-5-4-6-9-15/h4-6,8-9,14,16,18H,7,10-13H2,1-3H3. The Bertz CT molecular complexity index is 538. The number of hydrogen-bond donors (Lipinski definition) is 0. The van der Waals surface area contributed by atoms with Crippen LogP contribution >= 0.6 is 0 Å². The molecule has 1 heterocycles. The number of ether oxygens (including phenoxy) is 2. The molecule has 5 nitrogen and oxygen atoms in total. The second-order valence-electron chi connectivity index (χ2n) is 7.15. The topological polar surface area (TPSA) is 55.8 Å². The van der Waals surface area contributed by atoms with E-state index in [1.165, 1.54) is 0 Å². The Balaban J connectivity index is 2.00. The Kier molecular flexibility index (Phi) is 6.37. The molecule has 2 unspecified atom stereocenters. The number of rotatable bonds is 7. The number of carbonyl (C=O) groups excluding carboxylic acids is 2. The van der Waals surface area contributed by atoms with Gasteiger partial charge in [0, 0.05) is 6.54 Å². The molecule has 1 aliphatic rings. The van der Waals surface area contributed by atoms with E-state index in [4.69, 9.17) is 9.47 Å². The molecule has 0 bridgehead atoms. The summed E-state index contributed by atoms with van der Waals surface area (Å²) in [6, 6.07) is 9.86. The Morgan fingerprint density at radius 2 is 2.04 bits per heavy atom. The van der Waals surface area contributed by atoms with E-state index in [1.807, 2.05) is 51.1 Å². The fourth-order valence-corrected chi connectivity index (χ4v) is 3.19. The SMILES string of the molecule is CC(C)(C)OC(=O)CCN1CCCC1C(OC=O)c1ccccc1. The monoisotopic (exact) mass is 333 g/mol. The summed E-state index contributed by atoms with van der Waals surface area (Å²) in [5.41, 5.74) is 0.521. The van der Waals surface area contributed by atoms with Gasteiger partial charge in [0.25, 0.3) is 6.47 Å². The Morgan fingerprint density at radius 1 is 1.33 bits per heavy atom. The lowest BCUT2D eigenvalue weighted by Crippen LogP contribution is -2.37. The molecule has 0 radical (unpaired) electrons. The van der Waals surface area contributed by atoms with Gasteiger partial charge < -0.3 is 9.47 Å². The van der Waals surface area contributed by atoms with E-state index in [-0.39, 0.29) is 18.1 Å². The van der Waals surface area contributed by atoms with Crippen molar-refractivity contribution in [2.24, 2.45) is 0 Å². The van der Waals surface area contributed by atoms with Gasteiger partial charge in [0.2, 0.25) is 0 Å². The largest absolute Gasteiger partial charge is 0.460 e. The number of nitrogens with zero attached hydrogens (tertiary/aromatic N) is 1. The van der Waals surface area contributed by atoms with Crippen molar-refractivity contribution in [2.75, 3.05) is 13.1 Å². The maximum atomic E-state index is 12.0. The number of hydrogen-bond acceptors (Lipinski definition) is 5. The highest BCUT2D eigenvalue weighted by atomic mass is 16.6. The highest BCUT2D eigenvalue weighted by molar-refractivity contribution is 5.70. The summed E-state index contributed by atoms with van der Waals surface area (Å²) >= 11 is 0. The third kappa shape index (κ3) is 5.34. The Hall–Kier alpha value is -1.88. The number of likely N-dealkylation sites (tertiary alicyclic amines) is 1. The fourth-order valence-electron chi connectivity index (χ4n) is 3.19. The van der Waals surface area contributed by atoms with E-state index in [9.17, 15) is 9.59 Å². The number of esters is 1. The zero-order valence-corrected chi connectivity index (χ0v) is 14.7. The summed E-state index contributed by atoms with van der Waals surface area (Å²) in [7, 11) is 0. The maximum Gasteiger partial charge on any atom is 0.307 e. The van der Waals surface area contributed by atoms with Crippen molar-refractivity contribution >= 4 is 12.4 Å². The molecule has 24 heavy (non-hydrogen) atoms. The van der Waals surface area contributed by atoms with Crippen LogP contribution in [0.1, 0.15) is 51.7 Å². The van der Waals surface area contributed by atoms with Crippen LogP contribution in [0, 0.1) is 0 Å². The van der Waals surface area contributed by atoms with Crippen molar-refractivity contribution in [3.05, 3.63) is 35.9 Å². The van der Waals surface area contributed by atoms with Crippen LogP contribution in [0.2, 0.25) is 0 Å². The predicted molar refractivity (Wildman–Crippen MR) is 91.4 cm³/mol. The molecular weight excluding hydrogens is 306 g/mol. The zero-order valence-electron chi connectivity index (χ0n) is 14.7. The first-order chi connectivity index (χ1) is 11.4. The number of carbonyl (C=O) groups is 2. The minimum absolute atomic E-state index is 0.0973. The molecule has 1 aliphatic heterocycles. The molecule has 1 fully saturated rings. The predicted octanol–water partition coefficient (Wildman–Crippen LogP) is 3.10. The summed E-state index contributed by atoms with van der Waals surface area (Å²) in [6.45, 7) is 7.64. The second kappa shape index (κ2) is 8.29. The molecule has 0 saturated carbocycles. The van der Waals surface area contributed by atoms with Gasteiger partial charge in [-0.25, -0.2) is 0 Å². The van der Waals surface area contributed by atoms with Gasteiger partial charge in [-0.3, -0.25) is 14.5 Å². The van der Waals surface area contributed by atoms with Crippen LogP contribution in [0.5, 0.6) is 0 Å². The molecule has 0 aromatic heterocycles. The summed E-state index contributed by atoms with van der Waals surface area (Å²) < 4.78 is 10.8. The summed E-state index contributed by atoms with van der Waals surface area (Å²) in [5.74, 6) is -0.194. The van der Waals surface area contributed by atoms with Gasteiger partial charge in [0.05, 0.1) is 12.5 Å². The van der Waals surface area contributed by atoms with E-state index in [0.717, 1.165) is 24.9 Å². The Morgan fingerprint density at radius 3 is 2.67 bits per heavy atom. The van der Waals surface area contributed by atoms with Crippen LogP contribution in [0.25, 0.3) is 0 Å². The lowest BCUT2D eigenvalue weighted by Gasteiger charge is -2.30. The molecule has 0 N–H and O–H groups in total. The lowest BCUT2D eigenvalue weighted by atomic mass is 10.00. The molecule has 0 spiro atoms. The van der Waals surface area contributed by atoms with Crippen LogP contribution in [-0.2, 0) is 19.1 Å². The average molecular weight is 333 g/mol. The van der Waals surface area contributed by atoms with Crippen LogP contribution in [0.4, 0.5) is 0 Å². The van der Waals surface area contributed by atoms with Gasteiger partial charge in [-0.15, -0.1) is 0 Å².